The van der Waals surface area contributed by atoms with Gasteiger partial charge in [-0.05, 0) is 31.0 Å². The van der Waals surface area contributed by atoms with E-state index in [1.54, 1.807) is 25.3 Å². The van der Waals surface area contributed by atoms with Crippen LogP contribution < -0.4 is 10.1 Å². The number of nitrogens with one attached hydrogen (secondary N) is 1. The summed E-state index contributed by atoms with van der Waals surface area (Å²) in [5.74, 6) is -0.218. The first-order valence-electron chi connectivity index (χ1n) is 5.92. The Hall–Kier alpha value is -1.42. The van der Waals surface area contributed by atoms with E-state index in [0.717, 1.165) is 12.8 Å². The van der Waals surface area contributed by atoms with Gasteiger partial charge in [0.05, 0.1) is 12.1 Å². The fourth-order valence-electron chi connectivity index (χ4n) is 2.39. The van der Waals surface area contributed by atoms with Crippen LogP contribution in [0.3, 0.4) is 0 Å². The number of ether oxygens (including phenoxy) is 1. The van der Waals surface area contributed by atoms with Crippen molar-refractivity contribution in [1.82, 2.24) is 0 Å². The highest BCUT2D eigenvalue weighted by Gasteiger charge is 2.41. The predicted octanol–water partition coefficient (Wildman–Crippen LogP) is 3.16. The van der Waals surface area contributed by atoms with Gasteiger partial charge in [0.15, 0.2) is 0 Å². The molecule has 0 unspecified atom stereocenters. The summed E-state index contributed by atoms with van der Waals surface area (Å²) in [5, 5.41) is 13.0. The van der Waals surface area contributed by atoms with Gasteiger partial charge in [-0.15, -0.1) is 0 Å². The number of carboxylic acids is 1. The van der Waals surface area contributed by atoms with Crippen LogP contribution in [0.1, 0.15) is 25.7 Å². The predicted molar refractivity (Wildman–Crippen MR) is 70.5 cm³/mol. The van der Waals surface area contributed by atoms with Crippen molar-refractivity contribution in [2.75, 3.05) is 12.4 Å². The topological polar surface area (TPSA) is 58.6 Å². The molecular formula is C13H16ClNO3. The minimum Gasteiger partial charge on any atom is -0.495 e. The third-order valence-corrected chi connectivity index (χ3v) is 3.70. The Labute approximate surface area is 111 Å². The second-order valence-electron chi connectivity index (χ2n) is 4.57. The fraction of sp³-hybridized carbons (Fsp3) is 0.462. The zero-order valence-corrected chi connectivity index (χ0v) is 11.0. The van der Waals surface area contributed by atoms with Crippen LogP contribution in [-0.4, -0.2) is 23.7 Å². The van der Waals surface area contributed by atoms with E-state index in [4.69, 9.17) is 16.3 Å². The maximum atomic E-state index is 11.4. The lowest BCUT2D eigenvalue weighted by Gasteiger charge is -2.26. The molecule has 4 nitrogen and oxygen atoms in total. The molecule has 1 fully saturated rings. The quantitative estimate of drug-likeness (QED) is 0.882. The van der Waals surface area contributed by atoms with E-state index in [1.165, 1.54) is 0 Å². The van der Waals surface area contributed by atoms with Crippen molar-refractivity contribution in [1.29, 1.82) is 0 Å². The van der Waals surface area contributed by atoms with E-state index < -0.39 is 11.5 Å². The van der Waals surface area contributed by atoms with E-state index in [9.17, 15) is 9.90 Å². The molecule has 5 heteroatoms. The second kappa shape index (κ2) is 5.06. The number of carboxylic acid groups (broad SMARTS) is 1. The summed E-state index contributed by atoms with van der Waals surface area (Å²) < 4.78 is 5.07. The molecule has 1 aliphatic rings. The Bertz CT molecular complexity index is 456. The van der Waals surface area contributed by atoms with Crippen molar-refractivity contribution in [2.45, 2.75) is 31.2 Å². The lowest BCUT2D eigenvalue weighted by Crippen LogP contribution is -2.43. The standard InChI is InChI=1S/C13H16ClNO3/c1-18-11-5-4-9(8-10(11)14)15-13(12(16)17)6-2-3-7-13/h4-5,8,15H,2-3,6-7H2,1H3,(H,16,17). The second-order valence-corrected chi connectivity index (χ2v) is 4.98. The highest BCUT2D eigenvalue weighted by molar-refractivity contribution is 6.32. The molecule has 0 radical (unpaired) electrons. The summed E-state index contributed by atoms with van der Waals surface area (Å²) >= 11 is 6.03. The number of anilines is 1. The molecule has 0 heterocycles. The number of carbonyl (C=O) groups is 1. The van der Waals surface area contributed by atoms with Crippen LogP contribution >= 0.6 is 11.6 Å². The maximum absolute atomic E-state index is 11.4. The number of aliphatic carboxylic acids is 1. The van der Waals surface area contributed by atoms with E-state index in [-0.39, 0.29) is 0 Å². The summed E-state index contributed by atoms with van der Waals surface area (Å²) in [7, 11) is 1.55. The van der Waals surface area contributed by atoms with Gasteiger partial charge in [-0.2, -0.15) is 0 Å². The van der Waals surface area contributed by atoms with Crippen molar-refractivity contribution in [3.8, 4) is 5.75 Å². The zero-order chi connectivity index (χ0) is 13.2. The van der Waals surface area contributed by atoms with Crippen LogP contribution in [0.15, 0.2) is 18.2 Å². The molecule has 1 aliphatic carbocycles. The van der Waals surface area contributed by atoms with Crippen molar-refractivity contribution in [2.24, 2.45) is 0 Å². The monoisotopic (exact) mass is 269 g/mol. The first kappa shape index (κ1) is 13.0. The first-order chi connectivity index (χ1) is 8.57. The molecule has 18 heavy (non-hydrogen) atoms. The zero-order valence-electron chi connectivity index (χ0n) is 10.2. The van der Waals surface area contributed by atoms with E-state index in [0.29, 0.717) is 29.3 Å². The molecule has 0 atom stereocenters. The number of methoxy groups -OCH3 is 1. The Balaban J connectivity index is 2.22. The molecule has 0 amide bonds. The van der Waals surface area contributed by atoms with E-state index in [2.05, 4.69) is 5.32 Å². The molecule has 0 spiro atoms. The molecule has 98 valence electrons. The molecule has 1 aromatic carbocycles. The van der Waals surface area contributed by atoms with Gasteiger partial charge in [-0.3, -0.25) is 0 Å². The molecule has 2 N–H and O–H groups in total. The smallest absolute Gasteiger partial charge is 0.329 e. The Morgan fingerprint density at radius 2 is 2.11 bits per heavy atom. The highest BCUT2D eigenvalue weighted by Crippen LogP contribution is 2.35. The molecule has 0 saturated heterocycles. The van der Waals surface area contributed by atoms with Gasteiger partial charge in [-0.25, -0.2) is 4.79 Å². The van der Waals surface area contributed by atoms with Crippen LogP contribution in [0.4, 0.5) is 5.69 Å². The van der Waals surface area contributed by atoms with Crippen LogP contribution in [0.5, 0.6) is 5.75 Å². The fourth-order valence-corrected chi connectivity index (χ4v) is 2.65. The molecule has 1 saturated carbocycles. The van der Waals surface area contributed by atoms with Gasteiger partial charge in [0.2, 0.25) is 0 Å². The highest BCUT2D eigenvalue weighted by atomic mass is 35.5. The van der Waals surface area contributed by atoms with Gasteiger partial charge >= 0.3 is 5.97 Å². The van der Waals surface area contributed by atoms with Gasteiger partial charge in [0.1, 0.15) is 11.3 Å². The van der Waals surface area contributed by atoms with Gasteiger partial charge in [0, 0.05) is 5.69 Å². The SMILES string of the molecule is COc1ccc(NC2(C(=O)O)CCCC2)cc1Cl. The average Bonchev–Trinajstić information content (AvgIpc) is 2.79. The summed E-state index contributed by atoms with van der Waals surface area (Å²) in [5.41, 5.74) is -0.136. The lowest BCUT2D eigenvalue weighted by atomic mass is 9.97. The largest absolute Gasteiger partial charge is 0.495 e. The number of halogens is 1. The Kier molecular flexibility index (Phi) is 3.66. The van der Waals surface area contributed by atoms with Crippen LogP contribution in [0, 0.1) is 0 Å². The maximum Gasteiger partial charge on any atom is 0.329 e. The van der Waals surface area contributed by atoms with Gasteiger partial charge < -0.3 is 15.2 Å². The first-order valence-corrected chi connectivity index (χ1v) is 6.30. The average molecular weight is 270 g/mol. The molecule has 2 rings (SSSR count). The van der Waals surface area contributed by atoms with Crippen molar-refractivity contribution >= 4 is 23.3 Å². The van der Waals surface area contributed by atoms with Crippen molar-refractivity contribution in [3.63, 3.8) is 0 Å². The van der Waals surface area contributed by atoms with E-state index >= 15 is 0 Å². The van der Waals surface area contributed by atoms with Crippen LogP contribution in [-0.2, 0) is 4.79 Å². The normalized spacial score (nSPS) is 17.4. The van der Waals surface area contributed by atoms with Crippen molar-refractivity contribution < 1.29 is 14.6 Å². The summed E-state index contributed by atoms with van der Waals surface area (Å²) in [6.45, 7) is 0. The summed E-state index contributed by atoms with van der Waals surface area (Å²) in [4.78, 5) is 11.4. The molecular weight excluding hydrogens is 254 g/mol. The molecule has 1 aromatic rings. The minimum atomic E-state index is -0.849. The number of benzene rings is 1. The Morgan fingerprint density at radius 1 is 1.44 bits per heavy atom. The summed E-state index contributed by atoms with van der Waals surface area (Å²) in [6, 6.07) is 5.21. The van der Waals surface area contributed by atoms with Gasteiger partial charge in [-0.1, -0.05) is 24.4 Å². The Morgan fingerprint density at radius 3 is 2.61 bits per heavy atom. The third-order valence-electron chi connectivity index (χ3n) is 3.40. The van der Waals surface area contributed by atoms with Gasteiger partial charge in [0.25, 0.3) is 0 Å². The third kappa shape index (κ3) is 2.38. The number of hydrogen-bond acceptors (Lipinski definition) is 3. The molecule has 0 aliphatic heterocycles. The van der Waals surface area contributed by atoms with E-state index in [1.807, 2.05) is 0 Å². The minimum absolute atomic E-state index is 0.473. The number of rotatable bonds is 4. The van der Waals surface area contributed by atoms with Crippen molar-refractivity contribution in [3.05, 3.63) is 23.2 Å². The van der Waals surface area contributed by atoms with Crippen LogP contribution in [0.2, 0.25) is 5.02 Å². The lowest BCUT2D eigenvalue weighted by molar-refractivity contribution is -0.142. The molecule has 0 bridgehead atoms. The van der Waals surface area contributed by atoms with Crippen LogP contribution in [0.25, 0.3) is 0 Å². The molecule has 0 aromatic heterocycles. The number of hydrogen-bond donors (Lipinski definition) is 2. The summed E-state index contributed by atoms with van der Waals surface area (Å²) in [6.07, 6.45) is 3.16.